The molecule has 0 spiro atoms. The third kappa shape index (κ3) is 3.62. The minimum atomic E-state index is -3.44. The summed E-state index contributed by atoms with van der Waals surface area (Å²) in [5, 5.41) is 8.12. The van der Waals surface area contributed by atoms with Gasteiger partial charge in [-0.05, 0) is 0 Å². The molecule has 0 amide bonds. The maximum absolute atomic E-state index is 12.5. The maximum Gasteiger partial charge on any atom is 0.374 e. The molecule has 1 aromatic rings. The number of nitroso groups, excluding NO2 is 1. The van der Waals surface area contributed by atoms with E-state index in [0.717, 1.165) is 0 Å². The van der Waals surface area contributed by atoms with Crippen molar-refractivity contribution in [3.05, 3.63) is 9.51 Å². The molecule has 0 unspecified atom stereocenters. The monoisotopic (exact) mass is 412 g/mol. The predicted molar refractivity (Wildman–Crippen MR) is 85.2 cm³/mol. The number of rotatable bonds is 7. The van der Waals surface area contributed by atoms with Gasteiger partial charge in [0.05, 0.1) is 23.2 Å². The Morgan fingerprint density at radius 3 is 2.48 bits per heavy atom. The number of nitrogens with zero attached hydrogens (tertiary/aromatic N) is 6. The summed E-state index contributed by atoms with van der Waals surface area (Å²) >= 11 is 3.25. The van der Waals surface area contributed by atoms with Gasteiger partial charge in [-0.1, -0.05) is 13.8 Å². The topological polar surface area (TPSA) is 115 Å². The summed E-state index contributed by atoms with van der Waals surface area (Å²) < 4.78 is 33.2. The average molecular weight is 413 g/mol. The smallest absolute Gasteiger partial charge is 0.277 e. The van der Waals surface area contributed by atoms with Crippen molar-refractivity contribution in [2.45, 2.75) is 13.8 Å². The van der Waals surface area contributed by atoms with Crippen LogP contribution in [-0.2, 0) is 10.2 Å². The molecule has 0 aliphatic carbocycles. The van der Waals surface area contributed by atoms with Gasteiger partial charge in [-0.2, -0.15) is 17.0 Å². The molecule has 11 nitrogen and oxygen atoms in total. The number of piperazine rings is 1. The van der Waals surface area contributed by atoms with Crippen LogP contribution >= 0.6 is 15.9 Å². The number of halogens is 1. The summed E-state index contributed by atoms with van der Waals surface area (Å²) in [4.78, 5) is 11.6. The molecule has 1 N–H and O–H groups in total. The molecule has 1 aliphatic rings. The van der Waals surface area contributed by atoms with Crippen LogP contribution in [0.2, 0.25) is 0 Å². The highest BCUT2D eigenvalue weighted by Crippen LogP contribution is 2.17. The Hall–Kier alpha value is -1.31. The van der Waals surface area contributed by atoms with Crippen molar-refractivity contribution in [2.75, 3.05) is 49.7 Å². The normalized spacial score (nSPS) is 16.8. The Morgan fingerprint density at radius 2 is 1.96 bits per heavy atom. The summed E-state index contributed by atoms with van der Waals surface area (Å²) in [5.74, 6) is 0.0817. The van der Waals surface area contributed by atoms with E-state index in [1.54, 1.807) is 5.01 Å². The largest absolute Gasteiger partial charge is 0.374 e. The second-order valence-electron chi connectivity index (χ2n) is 4.73. The zero-order valence-electron chi connectivity index (χ0n) is 12.8. The van der Waals surface area contributed by atoms with E-state index < -0.39 is 10.2 Å². The third-order valence-electron chi connectivity index (χ3n) is 3.56. The molecule has 0 saturated carbocycles. The lowest BCUT2D eigenvalue weighted by atomic mass is 10.4. The van der Waals surface area contributed by atoms with Crippen molar-refractivity contribution in [3.8, 4) is 0 Å². The van der Waals surface area contributed by atoms with E-state index in [1.807, 2.05) is 13.8 Å². The molecule has 130 valence electrons. The summed E-state index contributed by atoms with van der Waals surface area (Å²) in [6, 6.07) is 0. The molecule has 23 heavy (non-hydrogen) atoms. The highest BCUT2D eigenvalue weighted by atomic mass is 79.9. The minimum Gasteiger partial charge on any atom is -0.277 e. The summed E-state index contributed by atoms with van der Waals surface area (Å²) in [5.41, 5.74) is 2.13. The molecule has 0 bridgehead atoms. The molecule has 13 heteroatoms. The van der Waals surface area contributed by atoms with E-state index in [9.17, 15) is 13.3 Å². The van der Waals surface area contributed by atoms with Gasteiger partial charge in [0.15, 0.2) is 0 Å². The van der Waals surface area contributed by atoms with Crippen LogP contribution in [-0.4, -0.2) is 61.6 Å². The van der Waals surface area contributed by atoms with E-state index in [0.29, 0.717) is 43.9 Å². The fraction of sp³-hybridized carbons (Fsp3) is 0.800. The van der Waals surface area contributed by atoms with Crippen LogP contribution in [0.25, 0.3) is 0 Å². The van der Waals surface area contributed by atoms with Crippen molar-refractivity contribution >= 4 is 32.0 Å². The SMILES string of the molecule is CCN(CC)S(=O)(=O)N1CCN([n+]2noc(NN=O)c2Br)CC1. The van der Waals surface area contributed by atoms with Crippen LogP contribution in [0, 0.1) is 4.91 Å². The summed E-state index contributed by atoms with van der Waals surface area (Å²) in [6.07, 6.45) is 0. The molecule has 1 fully saturated rings. The van der Waals surface area contributed by atoms with E-state index in [4.69, 9.17) is 4.52 Å². The van der Waals surface area contributed by atoms with Gasteiger partial charge in [-0.3, -0.25) is 4.52 Å². The lowest BCUT2D eigenvalue weighted by Gasteiger charge is -2.32. The van der Waals surface area contributed by atoms with Gasteiger partial charge in [-0.15, -0.1) is 9.92 Å². The van der Waals surface area contributed by atoms with Gasteiger partial charge < -0.3 is 0 Å². The molecule has 1 aromatic heterocycles. The van der Waals surface area contributed by atoms with Gasteiger partial charge in [0.1, 0.15) is 0 Å². The van der Waals surface area contributed by atoms with Crippen LogP contribution in [0.3, 0.4) is 0 Å². The first-order chi connectivity index (χ1) is 11.0. The Bertz CT molecular complexity index is 640. The Labute approximate surface area is 142 Å². The Balaban J connectivity index is 2.05. The molecule has 1 saturated heterocycles. The summed E-state index contributed by atoms with van der Waals surface area (Å²) in [7, 11) is -3.44. The lowest BCUT2D eigenvalue weighted by Crippen LogP contribution is -2.67. The molecule has 1 aliphatic heterocycles. The van der Waals surface area contributed by atoms with Crippen molar-refractivity contribution < 1.29 is 17.7 Å². The Kier molecular flexibility index (Phi) is 5.89. The molecule has 0 atom stereocenters. The van der Waals surface area contributed by atoms with Crippen molar-refractivity contribution in [3.63, 3.8) is 0 Å². The highest BCUT2D eigenvalue weighted by molar-refractivity contribution is 9.10. The van der Waals surface area contributed by atoms with Crippen LogP contribution in [0.4, 0.5) is 5.88 Å². The fourth-order valence-electron chi connectivity index (χ4n) is 2.34. The highest BCUT2D eigenvalue weighted by Gasteiger charge is 2.36. The van der Waals surface area contributed by atoms with Crippen LogP contribution in [0.5, 0.6) is 0 Å². The maximum atomic E-state index is 12.5. The second kappa shape index (κ2) is 7.51. The molecule has 2 heterocycles. The van der Waals surface area contributed by atoms with Crippen molar-refractivity contribution in [1.29, 1.82) is 0 Å². The Morgan fingerprint density at radius 1 is 1.35 bits per heavy atom. The van der Waals surface area contributed by atoms with E-state index >= 15 is 0 Å². The van der Waals surface area contributed by atoms with Crippen LogP contribution < -0.4 is 15.2 Å². The number of nitrogens with one attached hydrogen (secondary N) is 1. The van der Waals surface area contributed by atoms with Gasteiger partial charge >= 0.3 is 10.5 Å². The predicted octanol–water partition coefficient (Wildman–Crippen LogP) is -0.342. The van der Waals surface area contributed by atoms with E-state index in [1.165, 1.54) is 13.4 Å². The fourth-order valence-corrected chi connectivity index (χ4v) is 4.39. The standard InChI is InChI=1S/C10H18BrN7O4S/c1-3-16(4-2)23(20,21)17-7-5-15(6-8-17)18-9(11)10(12-13-19)22-14-18/h3-8H2,1-2H3/p+1. The average Bonchev–Trinajstić information content (AvgIpc) is 2.90. The number of aromatic nitrogens is 2. The molecular weight excluding hydrogens is 394 g/mol. The van der Waals surface area contributed by atoms with Crippen LogP contribution in [0.15, 0.2) is 14.4 Å². The first kappa shape index (κ1) is 18.0. The number of hydrogen-bond acceptors (Lipinski definition) is 7. The van der Waals surface area contributed by atoms with Gasteiger partial charge in [0.2, 0.25) is 5.27 Å². The van der Waals surface area contributed by atoms with Crippen molar-refractivity contribution in [2.24, 2.45) is 5.29 Å². The molecular formula is C10H19BrN7O4S+. The zero-order valence-corrected chi connectivity index (χ0v) is 15.2. The number of anilines is 1. The second-order valence-corrected chi connectivity index (χ2v) is 7.41. The van der Waals surface area contributed by atoms with Gasteiger partial charge in [0.25, 0.3) is 10.2 Å². The zero-order chi connectivity index (χ0) is 17.0. The first-order valence-corrected chi connectivity index (χ1v) is 9.31. The van der Waals surface area contributed by atoms with E-state index in [-0.39, 0.29) is 5.88 Å². The van der Waals surface area contributed by atoms with Gasteiger partial charge in [0, 0.05) is 42.1 Å². The van der Waals surface area contributed by atoms with Crippen LogP contribution in [0.1, 0.15) is 13.8 Å². The first-order valence-electron chi connectivity index (χ1n) is 7.12. The molecule has 0 aromatic carbocycles. The van der Waals surface area contributed by atoms with Gasteiger partial charge in [-0.25, -0.2) is 5.43 Å². The lowest BCUT2D eigenvalue weighted by molar-refractivity contribution is -0.768. The minimum absolute atomic E-state index is 0.0817. The molecule has 0 radical (unpaired) electrons. The third-order valence-corrected chi connectivity index (χ3v) is 6.42. The quantitative estimate of drug-likeness (QED) is 0.369. The van der Waals surface area contributed by atoms with Crippen molar-refractivity contribution in [1.82, 2.24) is 13.9 Å². The number of hydrogen-bond donors (Lipinski definition) is 1. The summed E-state index contributed by atoms with van der Waals surface area (Å²) in [6.45, 7) is 6.05. The molecule has 2 rings (SSSR count). The van der Waals surface area contributed by atoms with E-state index in [2.05, 4.69) is 31.9 Å².